The molecular weight excluding hydrogens is 465 g/mol. The molecule has 2 aromatic rings. The fraction of sp³-hybridized carbons (Fsp3) is 0.615. The fourth-order valence-electron chi connectivity index (χ4n) is 5.22. The van der Waals surface area contributed by atoms with Gasteiger partial charge in [-0.2, -0.15) is 5.10 Å². The second-order valence-corrected chi connectivity index (χ2v) is 10.7. The van der Waals surface area contributed by atoms with Crippen molar-refractivity contribution in [3.8, 4) is 11.3 Å². The van der Waals surface area contributed by atoms with Gasteiger partial charge in [0.2, 0.25) is 0 Å². The lowest BCUT2D eigenvalue weighted by Gasteiger charge is -2.28. The molecule has 0 spiro atoms. The van der Waals surface area contributed by atoms with Gasteiger partial charge < -0.3 is 14.5 Å². The van der Waals surface area contributed by atoms with Gasteiger partial charge in [0, 0.05) is 61.0 Å². The van der Waals surface area contributed by atoms with E-state index in [4.69, 9.17) is 4.74 Å². The number of aromatic amines is 1. The zero-order chi connectivity index (χ0) is 24.0. The quantitative estimate of drug-likeness (QED) is 0.690. The standard InChI is InChI=1S/C15H15N3O2S.C11H21FN2/c19-15(18-5-7-20-8-6-18)14-11-9-21-12-4-2-1-3-10(12)13(11)16-17-14;12-11-4-7-14(10-11)9-8-13-5-2-1-3-6-13/h1-4H,5-9H2,(H,16,17);11H,1-10H2/t;11-/m.0/s1. The predicted molar refractivity (Wildman–Crippen MR) is 137 cm³/mol. The van der Waals surface area contributed by atoms with Crippen molar-refractivity contribution in [2.75, 3.05) is 65.6 Å². The number of rotatable bonds is 4. The second-order valence-electron chi connectivity index (χ2n) is 9.70. The van der Waals surface area contributed by atoms with Gasteiger partial charge in [-0.1, -0.05) is 24.6 Å². The molecule has 4 aliphatic heterocycles. The third kappa shape index (κ3) is 6.07. The highest BCUT2D eigenvalue weighted by Gasteiger charge is 2.28. The summed E-state index contributed by atoms with van der Waals surface area (Å²) in [6.45, 7) is 8.89. The molecule has 4 aliphatic rings. The highest BCUT2D eigenvalue weighted by molar-refractivity contribution is 7.98. The van der Waals surface area contributed by atoms with E-state index in [-0.39, 0.29) is 5.91 Å². The van der Waals surface area contributed by atoms with Crippen LogP contribution in [0.5, 0.6) is 0 Å². The third-order valence-corrected chi connectivity index (χ3v) is 8.39. The van der Waals surface area contributed by atoms with Gasteiger partial charge in [-0.15, -0.1) is 11.8 Å². The number of carbonyl (C=O) groups excluding carboxylic acids is 1. The largest absolute Gasteiger partial charge is 0.378 e. The van der Waals surface area contributed by atoms with E-state index in [2.05, 4.69) is 32.1 Å². The molecule has 3 fully saturated rings. The number of aromatic nitrogens is 2. The number of alkyl halides is 1. The molecule has 35 heavy (non-hydrogen) atoms. The first-order valence-corrected chi connectivity index (χ1v) is 13.9. The van der Waals surface area contributed by atoms with Gasteiger partial charge in [0.1, 0.15) is 11.9 Å². The van der Waals surface area contributed by atoms with Crippen molar-refractivity contribution in [3.63, 3.8) is 0 Å². The van der Waals surface area contributed by atoms with Crippen molar-refractivity contribution in [3.05, 3.63) is 35.5 Å². The molecule has 0 radical (unpaired) electrons. The number of halogens is 1. The van der Waals surface area contributed by atoms with Crippen molar-refractivity contribution in [2.45, 2.75) is 42.5 Å². The molecule has 1 N–H and O–H groups in total. The minimum absolute atomic E-state index is 0.0343. The summed E-state index contributed by atoms with van der Waals surface area (Å²) < 4.78 is 18.2. The van der Waals surface area contributed by atoms with Gasteiger partial charge >= 0.3 is 0 Å². The number of carbonyl (C=O) groups is 1. The summed E-state index contributed by atoms with van der Waals surface area (Å²) >= 11 is 1.76. The summed E-state index contributed by atoms with van der Waals surface area (Å²) in [7, 11) is 0. The van der Waals surface area contributed by atoms with Gasteiger partial charge in [0.25, 0.3) is 5.91 Å². The van der Waals surface area contributed by atoms with Crippen molar-refractivity contribution in [1.29, 1.82) is 0 Å². The molecule has 7 nitrogen and oxygen atoms in total. The maximum atomic E-state index is 12.9. The number of H-pyrrole nitrogens is 1. The number of hydrogen-bond acceptors (Lipinski definition) is 6. The summed E-state index contributed by atoms with van der Waals surface area (Å²) in [5.74, 6) is 0.820. The summed E-state index contributed by atoms with van der Waals surface area (Å²) in [5, 5.41) is 7.36. The molecule has 0 unspecified atom stereocenters. The van der Waals surface area contributed by atoms with Crippen LogP contribution in [0.3, 0.4) is 0 Å². The number of fused-ring (bicyclic) bond motifs is 3. The molecule has 5 heterocycles. The Balaban J connectivity index is 0.000000158. The lowest BCUT2D eigenvalue weighted by Crippen LogP contribution is -2.41. The van der Waals surface area contributed by atoms with Crippen LogP contribution in [0.25, 0.3) is 11.3 Å². The molecule has 6 rings (SSSR count). The molecule has 1 aromatic heterocycles. The number of amides is 1. The molecule has 3 saturated heterocycles. The molecule has 9 heteroatoms. The van der Waals surface area contributed by atoms with Gasteiger partial charge in [0.05, 0.1) is 18.9 Å². The van der Waals surface area contributed by atoms with Crippen molar-refractivity contribution in [1.82, 2.24) is 24.9 Å². The van der Waals surface area contributed by atoms with E-state index in [9.17, 15) is 9.18 Å². The Morgan fingerprint density at radius 3 is 2.60 bits per heavy atom. The molecule has 0 aliphatic carbocycles. The van der Waals surface area contributed by atoms with E-state index < -0.39 is 6.17 Å². The van der Waals surface area contributed by atoms with Crippen LogP contribution in [0.1, 0.15) is 41.7 Å². The lowest BCUT2D eigenvalue weighted by molar-refractivity contribution is 0.0298. The number of ether oxygens (including phenoxy) is 1. The average Bonchev–Trinajstić information content (AvgIpc) is 3.55. The predicted octanol–water partition coefficient (Wildman–Crippen LogP) is 3.67. The number of nitrogens with one attached hydrogen (secondary N) is 1. The van der Waals surface area contributed by atoms with Crippen LogP contribution in [-0.2, 0) is 10.5 Å². The monoisotopic (exact) mass is 501 g/mol. The summed E-state index contributed by atoms with van der Waals surface area (Å²) in [6.07, 6.45) is 4.29. The van der Waals surface area contributed by atoms with E-state index in [0.29, 0.717) is 38.5 Å². The zero-order valence-corrected chi connectivity index (χ0v) is 21.2. The Kier molecular flexibility index (Phi) is 8.39. The number of thioether (sulfide) groups is 1. The van der Waals surface area contributed by atoms with Crippen LogP contribution in [0.15, 0.2) is 29.2 Å². The van der Waals surface area contributed by atoms with Crippen LogP contribution < -0.4 is 0 Å². The summed E-state index contributed by atoms with van der Waals surface area (Å²) in [5.41, 5.74) is 3.69. The molecule has 190 valence electrons. The summed E-state index contributed by atoms with van der Waals surface area (Å²) in [6, 6.07) is 8.20. The van der Waals surface area contributed by atoms with E-state index in [1.54, 1.807) is 11.8 Å². The maximum Gasteiger partial charge on any atom is 0.272 e. The van der Waals surface area contributed by atoms with E-state index in [1.807, 2.05) is 17.0 Å². The van der Waals surface area contributed by atoms with E-state index in [1.165, 1.54) is 37.2 Å². The Labute approximate surface area is 211 Å². The molecular formula is C26H36FN5O2S. The number of hydrogen-bond donors (Lipinski definition) is 1. The Bertz CT molecular complexity index is 985. The topological polar surface area (TPSA) is 64.7 Å². The molecule has 0 saturated carbocycles. The SMILES string of the molecule is F[C@H]1CCN(CCN2CCCCC2)C1.O=C(c1[nH]nc2c1CSc1ccccc1-2)N1CCOCC1. The van der Waals surface area contributed by atoms with Crippen LogP contribution in [0.4, 0.5) is 4.39 Å². The lowest BCUT2D eigenvalue weighted by atomic mass is 10.1. The maximum absolute atomic E-state index is 12.9. The minimum atomic E-state index is -0.559. The van der Waals surface area contributed by atoms with E-state index in [0.717, 1.165) is 48.6 Å². The Morgan fingerprint density at radius 2 is 1.83 bits per heavy atom. The van der Waals surface area contributed by atoms with Gasteiger partial charge in [-0.3, -0.25) is 14.8 Å². The Morgan fingerprint density at radius 1 is 1.06 bits per heavy atom. The molecule has 1 aromatic carbocycles. The van der Waals surface area contributed by atoms with Gasteiger partial charge in [-0.25, -0.2) is 4.39 Å². The fourth-order valence-corrected chi connectivity index (χ4v) is 6.30. The van der Waals surface area contributed by atoms with Crippen LogP contribution in [0, 0.1) is 0 Å². The summed E-state index contributed by atoms with van der Waals surface area (Å²) in [4.78, 5) is 20.5. The Hall–Kier alpha value is -1.94. The van der Waals surface area contributed by atoms with Crippen LogP contribution in [0.2, 0.25) is 0 Å². The number of likely N-dealkylation sites (tertiary alicyclic amines) is 2. The number of nitrogens with zero attached hydrogens (tertiary/aromatic N) is 4. The second kappa shape index (κ2) is 11.9. The molecule has 0 bridgehead atoms. The molecule has 1 atom stereocenters. The van der Waals surface area contributed by atoms with E-state index >= 15 is 0 Å². The van der Waals surface area contributed by atoms with Crippen molar-refractivity contribution in [2.24, 2.45) is 0 Å². The first-order chi connectivity index (χ1) is 17.2. The zero-order valence-electron chi connectivity index (χ0n) is 20.4. The van der Waals surface area contributed by atoms with Crippen molar-refractivity contribution < 1.29 is 13.9 Å². The third-order valence-electron chi connectivity index (χ3n) is 7.29. The number of piperidine rings is 1. The number of benzene rings is 1. The first-order valence-electron chi connectivity index (χ1n) is 12.9. The van der Waals surface area contributed by atoms with Crippen LogP contribution in [-0.4, -0.2) is 103 Å². The highest BCUT2D eigenvalue weighted by atomic mass is 32.2. The van der Waals surface area contributed by atoms with Crippen LogP contribution >= 0.6 is 11.8 Å². The first kappa shape index (κ1) is 24.7. The van der Waals surface area contributed by atoms with Gasteiger partial charge in [-0.05, 0) is 38.4 Å². The number of morpholine rings is 1. The molecule has 1 amide bonds. The smallest absolute Gasteiger partial charge is 0.272 e. The highest BCUT2D eigenvalue weighted by Crippen LogP contribution is 2.41. The minimum Gasteiger partial charge on any atom is -0.378 e. The normalized spacial score (nSPS) is 22.8. The van der Waals surface area contributed by atoms with Gasteiger partial charge in [0.15, 0.2) is 0 Å². The van der Waals surface area contributed by atoms with Crippen molar-refractivity contribution >= 4 is 17.7 Å². The average molecular weight is 502 g/mol.